The molecule has 0 aliphatic carbocycles. The summed E-state index contributed by atoms with van der Waals surface area (Å²) in [5.74, 6) is 2.48. The van der Waals surface area contributed by atoms with Gasteiger partial charge in [0.2, 0.25) is 5.91 Å². The Morgan fingerprint density at radius 1 is 1.21 bits per heavy atom. The van der Waals surface area contributed by atoms with Gasteiger partial charge in [0, 0.05) is 24.2 Å². The van der Waals surface area contributed by atoms with Gasteiger partial charge >= 0.3 is 0 Å². The van der Waals surface area contributed by atoms with E-state index in [0.29, 0.717) is 13.0 Å². The number of amides is 1. The van der Waals surface area contributed by atoms with Crippen molar-refractivity contribution in [2.75, 3.05) is 27.4 Å². The molecule has 0 atom stereocenters. The second kappa shape index (κ2) is 7.90. The molecule has 2 heterocycles. The van der Waals surface area contributed by atoms with E-state index in [1.165, 1.54) is 0 Å². The molecule has 5 nitrogen and oxygen atoms in total. The van der Waals surface area contributed by atoms with Crippen molar-refractivity contribution >= 4 is 17.2 Å². The molecule has 0 spiro atoms. The minimum atomic E-state index is -0.204. The van der Waals surface area contributed by atoms with E-state index < -0.39 is 0 Å². The van der Waals surface area contributed by atoms with Gasteiger partial charge < -0.3 is 19.1 Å². The highest BCUT2D eigenvalue weighted by molar-refractivity contribution is 5.85. The fourth-order valence-corrected chi connectivity index (χ4v) is 3.40. The highest BCUT2D eigenvalue weighted by Gasteiger charge is 2.27. The molecule has 2 aliphatic heterocycles. The van der Waals surface area contributed by atoms with Gasteiger partial charge in [-0.05, 0) is 63.8 Å². The summed E-state index contributed by atoms with van der Waals surface area (Å²) >= 11 is 0. The molecule has 2 aliphatic rings. The molecule has 1 aromatic carbocycles. The van der Waals surface area contributed by atoms with Crippen LogP contribution in [0.15, 0.2) is 23.8 Å². The van der Waals surface area contributed by atoms with Crippen LogP contribution < -0.4 is 9.47 Å². The first kappa shape index (κ1) is 20.3. The topological polar surface area (TPSA) is 48.0 Å². The Bertz CT molecular complexity index is 830. The Morgan fingerprint density at radius 2 is 1.96 bits per heavy atom. The van der Waals surface area contributed by atoms with Gasteiger partial charge in [-0.3, -0.25) is 4.79 Å². The van der Waals surface area contributed by atoms with Gasteiger partial charge in [0.15, 0.2) is 0 Å². The Hall–Kier alpha value is -2.43. The summed E-state index contributed by atoms with van der Waals surface area (Å²) in [5.41, 5.74) is 3.84. The largest absolute Gasteiger partial charge is 0.496 e. The number of hydrogen-bond acceptors (Lipinski definition) is 4. The fraction of sp³-hybridized carbons (Fsp3) is 0.522. The predicted octanol–water partition coefficient (Wildman–Crippen LogP) is 4.66. The molecule has 1 amide bonds. The van der Waals surface area contributed by atoms with Crippen LogP contribution in [-0.2, 0) is 9.53 Å². The third-order valence-corrected chi connectivity index (χ3v) is 5.58. The van der Waals surface area contributed by atoms with Crippen LogP contribution in [-0.4, -0.2) is 43.7 Å². The molecule has 0 bridgehead atoms. The van der Waals surface area contributed by atoms with Crippen molar-refractivity contribution in [1.82, 2.24) is 4.90 Å². The number of rotatable bonds is 4. The zero-order chi connectivity index (χ0) is 20.5. The summed E-state index contributed by atoms with van der Waals surface area (Å²) in [4.78, 5) is 14.5. The number of ether oxygens (including phenoxy) is 3. The van der Waals surface area contributed by atoms with E-state index in [2.05, 4.69) is 19.1 Å². The van der Waals surface area contributed by atoms with Crippen LogP contribution in [0.25, 0.3) is 11.3 Å². The van der Waals surface area contributed by atoms with Crippen molar-refractivity contribution < 1.29 is 19.0 Å². The first-order chi connectivity index (χ1) is 13.2. The summed E-state index contributed by atoms with van der Waals surface area (Å²) < 4.78 is 17.4. The van der Waals surface area contributed by atoms with Gasteiger partial charge in [0.25, 0.3) is 0 Å². The van der Waals surface area contributed by atoms with E-state index in [0.717, 1.165) is 59.0 Å². The maximum absolute atomic E-state index is 12.7. The number of carbonyl (C=O) groups excluding carboxylic acids is 1. The zero-order valence-corrected chi connectivity index (χ0v) is 17.8. The Balaban J connectivity index is 1.95. The lowest BCUT2D eigenvalue weighted by atomic mass is 9.93. The molecule has 0 N–H and O–H groups in total. The summed E-state index contributed by atoms with van der Waals surface area (Å²) in [7, 11) is 3.51. The van der Waals surface area contributed by atoms with Crippen molar-refractivity contribution in [3.05, 3.63) is 34.9 Å². The highest BCUT2D eigenvalue weighted by Crippen LogP contribution is 2.41. The number of nitrogens with zero attached hydrogens (tertiary/aromatic N) is 1. The van der Waals surface area contributed by atoms with Gasteiger partial charge in [0.05, 0.1) is 25.7 Å². The molecule has 0 saturated carbocycles. The molecular formula is C23H31NO4. The summed E-state index contributed by atoms with van der Waals surface area (Å²) in [6, 6.07) is 3.99. The number of methoxy groups -OCH3 is 1. The van der Waals surface area contributed by atoms with E-state index in [1.54, 1.807) is 12.0 Å². The molecule has 0 fully saturated rings. The first-order valence-electron chi connectivity index (χ1n) is 9.86. The van der Waals surface area contributed by atoms with Gasteiger partial charge in [-0.1, -0.05) is 0 Å². The number of hydrogen-bond donors (Lipinski definition) is 0. The summed E-state index contributed by atoms with van der Waals surface area (Å²) in [6.45, 7) is 9.31. The summed E-state index contributed by atoms with van der Waals surface area (Å²) in [5, 5.41) is 0. The number of allylic oxidation sites excluding steroid dienone is 2. The fourth-order valence-electron chi connectivity index (χ4n) is 3.40. The molecule has 0 saturated heterocycles. The number of fused-ring (bicyclic) bond motifs is 1. The predicted molar refractivity (Wildman–Crippen MR) is 111 cm³/mol. The molecule has 28 heavy (non-hydrogen) atoms. The molecule has 5 heteroatoms. The van der Waals surface area contributed by atoms with Crippen molar-refractivity contribution in [2.45, 2.75) is 52.5 Å². The number of benzene rings is 1. The van der Waals surface area contributed by atoms with Crippen LogP contribution in [0.5, 0.6) is 11.5 Å². The van der Waals surface area contributed by atoms with E-state index in [9.17, 15) is 4.79 Å². The SMILES string of the molecule is COc1cc2c(cc1C1=CCCCO1)C(C)=C(CC(=O)N(C)C(C)(C)C)CO2. The quantitative estimate of drug-likeness (QED) is 0.756. The Labute approximate surface area is 168 Å². The third-order valence-electron chi connectivity index (χ3n) is 5.58. The van der Waals surface area contributed by atoms with E-state index >= 15 is 0 Å². The van der Waals surface area contributed by atoms with Gasteiger partial charge in [-0.2, -0.15) is 0 Å². The van der Waals surface area contributed by atoms with E-state index in [1.807, 2.05) is 33.9 Å². The van der Waals surface area contributed by atoms with Crippen molar-refractivity contribution in [2.24, 2.45) is 0 Å². The van der Waals surface area contributed by atoms with Gasteiger partial charge in [-0.25, -0.2) is 0 Å². The maximum atomic E-state index is 12.7. The van der Waals surface area contributed by atoms with Gasteiger partial charge in [-0.15, -0.1) is 0 Å². The van der Waals surface area contributed by atoms with Crippen LogP contribution in [0.4, 0.5) is 0 Å². The molecular weight excluding hydrogens is 354 g/mol. The lowest BCUT2D eigenvalue weighted by molar-refractivity contribution is -0.133. The van der Waals surface area contributed by atoms with Crippen molar-refractivity contribution in [1.29, 1.82) is 0 Å². The lowest BCUT2D eigenvalue weighted by Gasteiger charge is -2.33. The van der Waals surface area contributed by atoms with E-state index in [4.69, 9.17) is 14.2 Å². The Kier molecular flexibility index (Phi) is 5.73. The third kappa shape index (κ3) is 4.03. The van der Waals surface area contributed by atoms with Crippen LogP contribution in [0.3, 0.4) is 0 Å². The maximum Gasteiger partial charge on any atom is 0.226 e. The van der Waals surface area contributed by atoms with Crippen LogP contribution in [0.1, 0.15) is 58.1 Å². The van der Waals surface area contributed by atoms with Crippen molar-refractivity contribution in [3.8, 4) is 11.5 Å². The van der Waals surface area contributed by atoms with Crippen LogP contribution in [0.2, 0.25) is 0 Å². The molecule has 1 aromatic rings. The molecule has 0 unspecified atom stereocenters. The van der Waals surface area contributed by atoms with Crippen LogP contribution >= 0.6 is 0 Å². The van der Waals surface area contributed by atoms with Crippen LogP contribution in [0, 0.1) is 0 Å². The minimum Gasteiger partial charge on any atom is -0.496 e. The number of carbonyl (C=O) groups is 1. The molecule has 152 valence electrons. The monoisotopic (exact) mass is 385 g/mol. The second-order valence-corrected chi connectivity index (χ2v) is 8.43. The molecule has 3 rings (SSSR count). The highest BCUT2D eigenvalue weighted by atomic mass is 16.5. The first-order valence-corrected chi connectivity index (χ1v) is 9.86. The average molecular weight is 386 g/mol. The Morgan fingerprint density at radius 3 is 2.57 bits per heavy atom. The molecule has 0 aromatic heterocycles. The van der Waals surface area contributed by atoms with Gasteiger partial charge in [0.1, 0.15) is 23.9 Å². The second-order valence-electron chi connectivity index (χ2n) is 8.43. The lowest BCUT2D eigenvalue weighted by Crippen LogP contribution is -2.42. The standard InChI is InChI=1S/C23H31NO4/c1-15-16(11-22(25)24(5)23(2,3)4)14-28-21-13-20(26-6)18(12-17(15)21)19-9-7-8-10-27-19/h9,12-13H,7-8,10-11,14H2,1-6H3. The molecule has 0 radical (unpaired) electrons. The normalized spacial score (nSPS) is 16.6. The van der Waals surface area contributed by atoms with Crippen molar-refractivity contribution in [3.63, 3.8) is 0 Å². The minimum absolute atomic E-state index is 0.0981. The average Bonchev–Trinajstić information content (AvgIpc) is 2.68. The summed E-state index contributed by atoms with van der Waals surface area (Å²) in [6.07, 6.45) is 4.50. The zero-order valence-electron chi connectivity index (χ0n) is 17.8. The van der Waals surface area contributed by atoms with E-state index in [-0.39, 0.29) is 11.4 Å². The smallest absolute Gasteiger partial charge is 0.226 e.